The van der Waals surface area contributed by atoms with Gasteiger partial charge in [0.15, 0.2) is 17.2 Å². The number of carbonyl (C=O) groups excluding carboxylic acids is 1. The predicted octanol–water partition coefficient (Wildman–Crippen LogP) is 3.21. The minimum atomic E-state index is -1.14. The molecule has 0 saturated heterocycles. The van der Waals surface area contributed by atoms with Crippen LogP contribution in [0.2, 0.25) is 0 Å². The molecule has 1 aromatic carbocycles. The number of benzene rings is 1. The third-order valence-electron chi connectivity index (χ3n) is 5.16. The summed E-state index contributed by atoms with van der Waals surface area (Å²) in [5.74, 6) is -2.26. The van der Waals surface area contributed by atoms with Crippen LogP contribution in [0.25, 0.3) is 0 Å². The molecule has 1 heterocycles. The number of aromatic hydroxyl groups is 1. The second kappa shape index (κ2) is 8.73. The number of hydrogen-bond donors (Lipinski definition) is 2. The molecule has 0 aliphatic rings. The minimum Gasteiger partial charge on any atom is -0.503 e. The summed E-state index contributed by atoms with van der Waals surface area (Å²) < 4.78 is 5.04. The third kappa shape index (κ3) is 4.08. The van der Waals surface area contributed by atoms with Crippen molar-refractivity contribution in [1.82, 2.24) is 9.88 Å². The fourth-order valence-corrected chi connectivity index (χ4v) is 3.31. The highest BCUT2D eigenvalue weighted by Crippen LogP contribution is 2.32. The van der Waals surface area contributed by atoms with Crippen molar-refractivity contribution in [2.75, 3.05) is 7.11 Å². The first-order valence-corrected chi connectivity index (χ1v) is 9.03. The first-order valence-electron chi connectivity index (χ1n) is 9.03. The van der Waals surface area contributed by atoms with Crippen LogP contribution < -0.4 is 4.74 Å². The molecule has 2 rings (SSSR count). The van der Waals surface area contributed by atoms with E-state index in [-0.39, 0.29) is 17.4 Å². The van der Waals surface area contributed by atoms with Crippen LogP contribution >= 0.6 is 0 Å². The van der Waals surface area contributed by atoms with Gasteiger partial charge in [-0.1, -0.05) is 31.2 Å². The molecule has 1 amide bonds. The van der Waals surface area contributed by atoms with E-state index in [1.54, 1.807) is 6.92 Å². The van der Waals surface area contributed by atoms with Gasteiger partial charge in [-0.2, -0.15) is 0 Å². The van der Waals surface area contributed by atoms with Crippen LogP contribution in [0, 0.1) is 6.92 Å². The summed E-state index contributed by atoms with van der Waals surface area (Å²) in [5.41, 5.74) is 1.84. The van der Waals surface area contributed by atoms with Crippen molar-refractivity contribution in [3.63, 3.8) is 0 Å². The molecule has 3 atom stereocenters. The third-order valence-corrected chi connectivity index (χ3v) is 5.16. The van der Waals surface area contributed by atoms with E-state index in [1.165, 1.54) is 31.2 Å². The summed E-state index contributed by atoms with van der Waals surface area (Å²) in [6.45, 7) is 7.16. The maximum atomic E-state index is 13.2. The Morgan fingerprint density at radius 3 is 2.36 bits per heavy atom. The van der Waals surface area contributed by atoms with Gasteiger partial charge in [0.1, 0.15) is 6.04 Å². The van der Waals surface area contributed by atoms with Crippen molar-refractivity contribution in [1.29, 1.82) is 0 Å². The summed E-state index contributed by atoms with van der Waals surface area (Å²) in [7, 11) is 1.36. The topological polar surface area (TPSA) is 100.0 Å². The van der Waals surface area contributed by atoms with Crippen molar-refractivity contribution in [2.45, 2.75) is 45.7 Å². The first-order chi connectivity index (χ1) is 13.2. The number of methoxy groups -OCH3 is 1. The number of hydrogen-bond acceptors (Lipinski definition) is 5. The molecular formula is C21H26N2O5. The highest BCUT2D eigenvalue weighted by atomic mass is 16.5. The lowest BCUT2D eigenvalue weighted by molar-refractivity contribution is -0.142. The zero-order valence-electron chi connectivity index (χ0n) is 16.7. The summed E-state index contributed by atoms with van der Waals surface area (Å²) >= 11 is 0. The van der Waals surface area contributed by atoms with E-state index < -0.39 is 29.7 Å². The molecule has 150 valence electrons. The van der Waals surface area contributed by atoms with Crippen molar-refractivity contribution in [3.8, 4) is 11.5 Å². The normalized spacial score (nSPS) is 14.0. The highest BCUT2D eigenvalue weighted by Gasteiger charge is 2.36. The van der Waals surface area contributed by atoms with Crippen LogP contribution in [-0.4, -0.2) is 51.2 Å². The monoisotopic (exact) mass is 386 g/mol. The van der Waals surface area contributed by atoms with Gasteiger partial charge in [0.05, 0.1) is 7.11 Å². The molecule has 0 aliphatic carbocycles. The van der Waals surface area contributed by atoms with Gasteiger partial charge in [0.25, 0.3) is 5.91 Å². The molecule has 0 saturated carbocycles. The zero-order chi connectivity index (χ0) is 21.0. The molecule has 0 spiro atoms. The molecule has 1 aromatic heterocycles. The van der Waals surface area contributed by atoms with E-state index in [2.05, 4.69) is 4.98 Å². The second-order valence-corrected chi connectivity index (χ2v) is 6.82. The van der Waals surface area contributed by atoms with Gasteiger partial charge in [0.2, 0.25) is 0 Å². The quantitative estimate of drug-likeness (QED) is 0.758. The smallest absolute Gasteiger partial charge is 0.326 e. The lowest BCUT2D eigenvalue weighted by Gasteiger charge is -2.36. The van der Waals surface area contributed by atoms with E-state index in [0.29, 0.717) is 0 Å². The molecule has 7 nitrogen and oxygen atoms in total. The average molecular weight is 386 g/mol. The number of amides is 1. The van der Waals surface area contributed by atoms with Gasteiger partial charge in [-0.15, -0.1) is 0 Å². The van der Waals surface area contributed by atoms with Gasteiger partial charge in [-0.05, 0) is 31.9 Å². The summed E-state index contributed by atoms with van der Waals surface area (Å²) in [6, 6.07) is 7.63. The number of carbonyl (C=O) groups is 2. The van der Waals surface area contributed by atoms with Crippen LogP contribution in [0.4, 0.5) is 0 Å². The number of carboxylic acid groups (broad SMARTS) is 1. The van der Waals surface area contributed by atoms with Crippen LogP contribution in [0.1, 0.15) is 48.3 Å². The standard InChI is InChI=1S/C21H26N2O5/c1-12-8-6-7-9-16(12)13(2)14(3)23(15(4)21(26)27)20(25)18-19(24)17(28-5)10-11-22-18/h6-11,13-15,24H,1-5H3,(H,26,27). The Labute approximate surface area is 164 Å². The van der Waals surface area contributed by atoms with Gasteiger partial charge in [-0.3, -0.25) is 4.79 Å². The fraction of sp³-hybridized carbons (Fsp3) is 0.381. The fourth-order valence-electron chi connectivity index (χ4n) is 3.31. The van der Waals surface area contributed by atoms with Gasteiger partial charge in [0, 0.05) is 24.2 Å². The number of ether oxygens (including phenoxy) is 1. The Balaban J connectivity index is 2.49. The van der Waals surface area contributed by atoms with E-state index in [9.17, 15) is 19.8 Å². The van der Waals surface area contributed by atoms with Gasteiger partial charge in [-0.25, -0.2) is 9.78 Å². The SMILES string of the molecule is COc1ccnc(C(=O)N(C(C)C(=O)O)C(C)C(C)c2ccccc2C)c1O. The molecule has 0 fully saturated rings. The molecular weight excluding hydrogens is 360 g/mol. The van der Waals surface area contributed by atoms with E-state index in [4.69, 9.17) is 4.74 Å². The Morgan fingerprint density at radius 2 is 1.79 bits per heavy atom. The van der Waals surface area contributed by atoms with Crippen molar-refractivity contribution < 1.29 is 24.5 Å². The first kappa shape index (κ1) is 21.2. The molecule has 2 aromatic rings. The summed E-state index contributed by atoms with van der Waals surface area (Å²) in [5, 5.41) is 19.9. The maximum Gasteiger partial charge on any atom is 0.326 e. The van der Waals surface area contributed by atoms with Crippen LogP contribution in [0.5, 0.6) is 11.5 Å². The van der Waals surface area contributed by atoms with Crippen LogP contribution in [0.15, 0.2) is 36.5 Å². The average Bonchev–Trinajstić information content (AvgIpc) is 2.67. The molecule has 7 heteroatoms. The second-order valence-electron chi connectivity index (χ2n) is 6.82. The van der Waals surface area contributed by atoms with Crippen molar-refractivity contribution >= 4 is 11.9 Å². The van der Waals surface area contributed by atoms with E-state index in [1.807, 2.05) is 38.1 Å². The number of aryl methyl sites for hydroxylation is 1. The predicted molar refractivity (Wildman–Crippen MR) is 105 cm³/mol. The van der Waals surface area contributed by atoms with Crippen molar-refractivity contribution in [3.05, 3.63) is 53.3 Å². The van der Waals surface area contributed by atoms with Crippen LogP contribution in [0.3, 0.4) is 0 Å². The van der Waals surface area contributed by atoms with Crippen molar-refractivity contribution in [2.24, 2.45) is 0 Å². The minimum absolute atomic E-state index is 0.0980. The van der Waals surface area contributed by atoms with Gasteiger partial charge < -0.3 is 19.8 Å². The Hall–Kier alpha value is -3.09. The van der Waals surface area contributed by atoms with Crippen LogP contribution in [-0.2, 0) is 4.79 Å². The Bertz CT molecular complexity index is 868. The molecule has 2 N–H and O–H groups in total. The summed E-state index contributed by atoms with van der Waals surface area (Å²) in [6.07, 6.45) is 1.34. The lowest BCUT2D eigenvalue weighted by Crippen LogP contribution is -2.50. The zero-order valence-corrected chi connectivity index (χ0v) is 16.7. The molecule has 0 aliphatic heterocycles. The number of rotatable bonds is 7. The van der Waals surface area contributed by atoms with E-state index in [0.717, 1.165) is 11.1 Å². The molecule has 0 bridgehead atoms. The highest BCUT2D eigenvalue weighted by molar-refractivity contribution is 5.98. The maximum absolute atomic E-state index is 13.2. The Kier molecular flexibility index (Phi) is 6.62. The number of nitrogens with zero attached hydrogens (tertiary/aromatic N) is 2. The number of carboxylic acids is 1. The molecule has 0 radical (unpaired) electrons. The number of aromatic nitrogens is 1. The largest absolute Gasteiger partial charge is 0.503 e. The molecule has 28 heavy (non-hydrogen) atoms. The molecule has 3 unspecified atom stereocenters. The lowest BCUT2D eigenvalue weighted by atomic mass is 9.89. The van der Waals surface area contributed by atoms with Gasteiger partial charge >= 0.3 is 5.97 Å². The Morgan fingerprint density at radius 1 is 1.14 bits per heavy atom. The summed E-state index contributed by atoms with van der Waals surface area (Å²) in [4.78, 5) is 30.2. The van der Waals surface area contributed by atoms with E-state index >= 15 is 0 Å². The number of aliphatic carboxylic acids is 1. The number of pyridine rings is 1.